The van der Waals surface area contributed by atoms with Gasteiger partial charge in [0, 0.05) is 36.8 Å². The molecule has 0 bridgehead atoms. The molecular formula is C23H20ClF2N5O3. The molecule has 5 rings (SSSR count). The second kappa shape index (κ2) is 9.11. The van der Waals surface area contributed by atoms with E-state index in [-0.39, 0.29) is 56.1 Å². The number of piperazine rings is 1. The van der Waals surface area contributed by atoms with Crippen molar-refractivity contribution in [2.45, 2.75) is 19.3 Å². The minimum atomic E-state index is -1.07. The highest BCUT2D eigenvalue weighted by Crippen LogP contribution is 2.28. The second-order valence-corrected chi connectivity index (χ2v) is 8.57. The highest BCUT2D eigenvalue weighted by Gasteiger charge is 2.32. The molecule has 176 valence electrons. The first-order valence-corrected chi connectivity index (χ1v) is 11.1. The lowest BCUT2D eigenvalue weighted by Gasteiger charge is -2.34. The van der Waals surface area contributed by atoms with Gasteiger partial charge >= 0.3 is 0 Å². The number of hydrogen-bond acceptors (Lipinski definition) is 5. The fourth-order valence-electron chi connectivity index (χ4n) is 4.13. The molecule has 1 saturated heterocycles. The molecule has 1 aromatic heterocycles. The zero-order chi connectivity index (χ0) is 23.8. The average molecular weight is 488 g/mol. The molecule has 0 spiro atoms. The lowest BCUT2D eigenvalue weighted by Crippen LogP contribution is -2.50. The van der Waals surface area contributed by atoms with Crippen molar-refractivity contribution in [2.24, 2.45) is 0 Å². The summed E-state index contributed by atoms with van der Waals surface area (Å²) in [5, 5.41) is 8.88. The number of benzene rings is 2. The Morgan fingerprint density at radius 1 is 0.941 bits per heavy atom. The summed E-state index contributed by atoms with van der Waals surface area (Å²) in [4.78, 5) is 28.8. The molecule has 0 N–H and O–H groups in total. The SMILES string of the molecule is O=C(c1ccc(F)c(F)c1)N1CCN(C(=O)c2nnn3c2COC(c2ccc(Cl)cc2)C3)CC1. The maximum atomic E-state index is 13.5. The first kappa shape index (κ1) is 22.4. The Hall–Kier alpha value is -3.37. The van der Waals surface area contributed by atoms with Crippen molar-refractivity contribution in [3.63, 3.8) is 0 Å². The number of rotatable bonds is 3. The second-order valence-electron chi connectivity index (χ2n) is 8.13. The van der Waals surface area contributed by atoms with E-state index in [1.165, 1.54) is 11.0 Å². The Bertz CT molecular complexity index is 1240. The predicted octanol–water partition coefficient (Wildman–Crippen LogP) is 3.08. The third-order valence-corrected chi connectivity index (χ3v) is 6.31. The van der Waals surface area contributed by atoms with Gasteiger partial charge in [0.05, 0.1) is 18.8 Å². The van der Waals surface area contributed by atoms with Crippen LogP contribution in [0.3, 0.4) is 0 Å². The highest BCUT2D eigenvalue weighted by molar-refractivity contribution is 6.30. The molecular weight excluding hydrogens is 468 g/mol. The fourth-order valence-corrected chi connectivity index (χ4v) is 4.26. The summed E-state index contributed by atoms with van der Waals surface area (Å²) in [6, 6.07) is 10.4. The van der Waals surface area contributed by atoms with Gasteiger partial charge in [-0.25, -0.2) is 13.5 Å². The van der Waals surface area contributed by atoms with Crippen LogP contribution < -0.4 is 0 Å². The quantitative estimate of drug-likeness (QED) is 0.567. The molecule has 34 heavy (non-hydrogen) atoms. The van der Waals surface area contributed by atoms with Gasteiger partial charge in [-0.05, 0) is 35.9 Å². The average Bonchev–Trinajstić information content (AvgIpc) is 3.29. The van der Waals surface area contributed by atoms with Gasteiger partial charge in [-0.3, -0.25) is 9.59 Å². The van der Waals surface area contributed by atoms with E-state index in [9.17, 15) is 18.4 Å². The molecule has 11 heteroatoms. The number of carbonyl (C=O) groups is 2. The Labute approximate surface area is 198 Å². The molecule has 0 radical (unpaired) electrons. The molecule has 3 heterocycles. The lowest BCUT2D eigenvalue weighted by atomic mass is 10.1. The number of aromatic nitrogens is 3. The molecule has 0 aliphatic carbocycles. The summed E-state index contributed by atoms with van der Waals surface area (Å²) in [7, 11) is 0. The minimum Gasteiger partial charge on any atom is -0.365 e. The van der Waals surface area contributed by atoms with Crippen molar-refractivity contribution in [1.29, 1.82) is 0 Å². The van der Waals surface area contributed by atoms with E-state index in [1.807, 2.05) is 12.1 Å². The van der Waals surface area contributed by atoms with Crippen LogP contribution in [0, 0.1) is 11.6 Å². The molecule has 1 fully saturated rings. The van der Waals surface area contributed by atoms with Crippen molar-refractivity contribution in [3.05, 3.63) is 81.6 Å². The summed E-state index contributed by atoms with van der Waals surface area (Å²) in [5.41, 5.74) is 1.86. The molecule has 1 atom stereocenters. The molecule has 2 amide bonds. The third-order valence-electron chi connectivity index (χ3n) is 6.06. The monoisotopic (exact) mass is 487 g/mol. The molecule has 8 nitrogen and oxygen atoms in total. The molecule has 2 aliphatic heterocycles. The van der Waals surface area contributed by atoms with Gasteiger partial charge < -0.3 is 14.5 Å². The van der Waals surface area contributed by atoms with E-state index in [0.29, 0.717) is 17.3 Å². The topological polar surface area (TPSA) is 80.6 Å². The van der Waals surface area contributed by atoms with Crippen molar-refractivity contribution in [3.8, 4) is 0 Å². The van der Waals surface area contributed by atoms with Crippen molar-refractivity contribution in [1.82, 2.24) is 24.8 Å². The van der Waals surface area contributed by atoms with Crippen LogP contribution in [0.5, 0.6) is 0 Å². The van der Waals surface area contributed by atoms with Gasteiger partial charge in [0.1, 0.15) is 6.10 Å². The van der Waals surface area contributed by atoms with E-state index < -0.39 is 17.5 Å². The van der Waals surface area contributed by atoms with E-state index in [1.54, 1.807) is 21.7 Å². The number of halogens is 3. The van der Waals surface area contributed by atoms with Crippen molar-refractivity contribution < 1.29 is 23.1 Å². The van der Waals surface area contributed by atoms with E-state index in [4.69, 9.17) is 16.3 Å². The number of fused-ring (bicyclic) bond motifs is 1. The molecule has 2 aromatic carbocycles. The van der Waals surface area contributed by atoms with Crippen molar-refractivity contribution in [2.75, 3.05) is 26.2 Å². The summed E-state index contributed by atoms with van der Waals surface area (Å²) in [5.74, 6) is -2.77. The molecule has 3 aromatic rings. The summed E-state index contributed by atoms with van der Waals surface area (Å²) < 4.78 is 34.3. The van der Waals surface area contributed by atoms with Crippen LogP contribution in [0.15, 0.2) is 42.5 Å². The van der Waals surface area contributed by atoms with Gasteiger partial charge in [0.25, 0.3) is 11.8 Å². The van der Waals surface area contributed by atoms with Crippen LogP contribution >= 0.6 is 11.6 Å². The standard InChI is InChI=1S/C23H20ClF2N5O3/c24-16-4-1-14(2-5-16)20-12-31-19(13-34-20)21(27-28-31)23(33)30-9-7-29(8-10-30)22(32)15-3-6-17(25)18(26)11-15/h1-6,11,20H,7-10,12-13H2. The van der Waals surface area contributed by atoms with Gasteiger partial charge in [0.15, 0.2) is 17.3 Å². The van der Waals surface area contributed by atoms with Gasteiger partial charge in [-0.15, -0.1) is 5.10 Å². The Kier molecular flexibility index (Phi) is 6.01. The van der Waals surface area contributed by atoms with Crippen LogP contribution in [0.25, 0.3) is 0 Å². The molecule has 1 unspecified atom stereocenters. The van der Waals surface area contributed by atoms with Crippen LogP contribution in [0.2, 0.25) is 5.02 Å². The van der Waals surface area contributed by atoms with Gasteiger partial charge in [0.2, 0.25) is 0 Å². The Morgan fingerprint density at radius 2 is 1.62 bits per heavy atom. The van der Waals surface area contributed by atoms with Crippen LogP contribution in [-0.2, 0) is 17.9 Å². The highest BCUT2D eigenvalue weighted by atomic mass is 35.5. The zero-order valence-corrected chi connectivity index (χ0v) is 18.7. The van der Waals surface area contributed by atoms with Crippen LogP contribution in [0.4, 0.5) is 8.78 Å². The largest absolute Gasteiger partial charge is 0.365 e. The smallest absolute Gasteiger partial charge is 0.276 e. The predicted molar refractivity (Wildman–Crippen MR) is 117 cm³/mol. The summed E-state index contributed by atoms with van der Waals surface area (Å²) in [6.07, 6.45) is -0.222. The maximum absolute atomic E-state index is 13.5. The van der Waals surface area contributed by atoms with E-state index in [0.717, 1.165) is 17.7 Å². The first-order chi connectivity index (χ1) is 16.4. The van der Waals surface area contributed by atoms with Crippen molar-refractivity contribution >= 4 is 23.4 Å². The Morgan fingerprint density at radius 3 is 2.29 bits per heavy atom. The Balaban J connectivity index is 1.22. The first-order valence-electron chi connectivity index (χ1n) is 10.7. The minimum absolute atomic E-state index is 0.0680. The number of amides is 2. The van der Waals surface area contributed by atoms with Crippen LogP contribution in [-0.4, -0.2) is 62.8 Å². The fraction of sp³-hybridized carbons (Fsp3) is 0.304. The maximum Gasteiger partial charge on any atom is 0.276 e. The van der Waals surface area contributed by atoms with E-state index >= 15 is 0 Å². The molecule has 2 aliphatic rings. The summed E-state index contributed by atoms with van der Waals surface area (Å²) >= 11 is 5.95. The van der Waals surface area contributed by atoms with Gasteiger partial charge in [-0.1, -0.05) is 28.9 Å². The molecule has 0 saturated carbocycles. The van der Waals surface area contributed by atoms with E-state index in [2.05, 4.69) is 10.3 Å². The number of ether oxygens (including phenoxy) is 1. The third kappa shape index (κ3) is 4.26. The number of hydrogen-bond donors (Lipinski definition) is 0. The van der Waals surface area contributed by atoms with Crippen LogP contribution in [0.1, 0.15) is 38.2 Å². The normalized spacial score (nSPS) is 18.0. The zero-order valence-electron chi connectivity index (χ0n) is 18.0. The number of nitrogens with zero attached hydrogens (tertiary/aromatic N) is 5. The number of carbonyl (C=O) groups excluding carboxylic acids is 2. The van der Waals surface area contributed by atoms with Gasteiger partial charge in [-0.2, -0.15) is 0 Å². The summed E-state index contributed by atoms with van der Waals surface area (Å²) in [6.45, 7) is 1.72. The lowest BCUT2D eigenvalue weighted by molar-refractivity contribution is -0.00202.